The number of anilines is 1. The van der Waals surface area contributed by atoms with E-state index in [2.05, 4.69) is 5.32 Å². The Morgan fingerprint density at radius 1 is 0.966 bits per heavy atom. The first-order valence-corrected chi connectivity index (χ1v) is 8.84. The van der Waals surface area contributed by atoms with E-state index in [-0.39, 0.29) is 29.2 Å². The first-order valence-electron chi connectivity index (χ1n) is 8.09. The van der Waals surface area contributed by atoms with Crippen molar-refractivity contribution in [3.8, 4) is 5.75 Å². The normalized spacial score (nSPS) is 12.0. The van der Waals surface area contributed by atoms with Crippen LogP contribution in [0.5, 0.6) is 5.75 Å². The van der Waals surface area contributed by atoms with Crippen LogP contribution in [0.4, 0.5) is 5.69 Å². The largest absolute Gasteiger partial charge is 0.508 e. The molecule has 3 rings (SSSR count). The Labute approximate surface area is 174 Å². The summed E-state index contributed by atoms with van der Waals surface area (Å²) in [6.45, 7) is 1.68. The lowest BCUT2D eigenvalue weighted by atomic mass is 10.00. The van der Waals surface area contributed by atoms with Crippen molar-refractivity contribution in [1.29, 1.82) is 0 Å². The lowest BCUT2D eigenvalue weighted by Gasteiger charge is -2.08. The maximum atomic E-state index is 11.2. The van der Waals surface area contributed by atoms with E-state index in [0.29, 0.717) is 27.4 Å². The van der Waals surface area contributed by atoms with Crippen LogP contribution in [-0.4, -0.2) is 38.9 Å². The second-order valence-electron chi connectivity index (χ2n) is 6.14. The summed E-state index contributed by atoms with van der Waals surface area (Å²) in [6.07, 6.45) is -0.466. The number of hydrogen-bond acceptors (Lipinski definition) is 5. The molecule has 0 aliphatic carbocycles. The number of rotatable bonds is 4. The smallest absolute Gasteiger partial charge is 0.307 e. The summed E-state index contributed by atoms with van der Waals surface area (Å²) in [5.41, 5.74) is 2.03. The van der Waals surface area contributed by atoms with Gasteiger partial charge in [0.25, 0.3) is 11.7 Å². The minimum absolute atomic E-state index is 0.177. The van der Waals surface area contributed by atoms with Crippen molar-refractivity contribution in [2.75, 3.05) is 5.32 Å². The SMILES string of the molecule is Cc1cc(CC(=O)O)c(O)cc1CC(=O)O.O=C1Nc2c(Cl)cc(Cl)cc2C1=O. The van der Waals surface area contributed by atoms with Gasteiger partial charge in [-0.15, -0.1) is 0 Å². The molecule has 0 atom stereocenters. The number of aliphatic carboxylic acids is 2. The minimum Gasteiger partial charge on any atom is -0.508 e. The van der Waals surface area contributed by atoms with E-state index in [9.17, 15) is 24.3 Å². The summed E-state index contributed by atoms with van der Waals surface area (Å²) < 4.78 is 0. The van der Waals surface area contributed by atoms with Crippen molar-refractivity contribution in [1.82, 2.24) is 0 Å². The van der Waals surface area contributed by atoms with Gasteiger partial charge in [0, 0.05) is 10.6 Å². The first kappa shape index (κ1) is 22.2. The van der Waals surface area contributed by atoms with Gasteiger partial charge in [-0.2, -0.15) is 0 Å². The van der Waals surface area contributed by atoms with E-state index in [0.717, 1.165) is 0 Å². The van der Waals surface area contributed by atoms with Crippen molar-refractivity contribution in [2.45, 2.75) is 19.8 Å². The molecule has 0 saturated carbocycles. The third-order valence-corrected chi connectivity index (χ3v) is 4.48. The van der Waals surface area contributed by atoms with E-state index < -0.39 is 23.6 Å². The number of aryl methyl sites for hydroxylation is 1. The van der Waals surface area contributed by atoms with Crippen molar-refractivity contribution in [3.63, 3.8) is 0 Å². The summed E-state index contributed by atoms with van der Waals surface area (Å²) >= 11 is 11.4. The summed E-state index contributed by atoms with van der Waals surface area (Å²) in [6, 6.07) is 5.70. The van der Waals surface area contributed by atoms with Gasteiger partial charge in [0.15, 0.2) is 0 Å². The Morgan fingerprint density at radius 3 is 2.14 bits per heavy atom. The molecule has 1 aliphatic heterocycles. The molecule has 0 radical (unpaired) electrons. The number of phenolic OH excluding ortho intramolecular Hbond substituents is 1. The zero-order chi connectivity index (χ0) is 21.9. The van der Waals surface area contributed by atoms with E-state index in [4.69, 9.17) is 33.4 Å². The lowest BCUT2D eigenvalue weighted by Crippen LogP contribution is -2.12. The molecule has 0 saturated heterocycles. The highest BCUT2D eigenvalue weighted by Gasteiger charge is 2.30. The molecule has 0 bridgehead atoms. The Hall–Kier alpha value is -3.10. The van der Waals surface area contributed by atoms with Gasteiger partial charge in [-0.3, -0.25) is 19.2 Å². The molecule has 10 heteroatoms. The van der Waals surface area contributed by atoms with Gasteiger partial charge in [0.2, 0.25) is 0 Å². The van der Waals surface area contributed by atoms with E-state index >= 15 is 0 Å². The number of carboxylic acids is 2. The van der Waals surface area contributed by atoms with Crippen LogP contribution in [0.3, 0.4) is 0 Å². The van der Waals surface area contributed by atoms with Crippen molar-refractivity contribution in [3.05, 3.63) is 56.6 Å². The van der Waals surface area contributed by atoms with Gasteiger partial charge >= 0.3 is 11.9 Å². The number of carboxylic acid groups (broad SMARTS) is 2. The third-order valence-electron chi connectivity index (χ3n) is 3.96. The maximum absolute atomic E-state index is 11.2. The van der Waals surface area contributed by atoms with Crippen LogP contribution < -0.4 is 5.32 Å². The number of halogens is 2. The third kappa shape index (κ3) is 5.46. The number of phenols is 1. The Morgan fingerprint density at radius 2 is 1.55 bits per heavy atom. The fourth-order valence-corrected chi connectivity index (χ4v) is 3.17. The monoisotopic (exact) mass is 439 g/mol. The van der Waals surface area contributed by atoms with E-state index in [1.165, 1.54) is 24.3 Å². The Bertz CT molecular complexity index is 992. The number of Topliss-reactive ketones (excluding diaryl/α,β-unsaturated/α-hetero) is 1. The van der Waals surface area contributed by atoms with Crippen molar-refractivity contribution >= 4 is 52.5 Å². The molecular weight excluding hydrogens is 425 g/mol. The minimum atomic E-state index is -1.04. The topological polar surface area (TPSA) is 141 Å². The van der Waals surface area contributed by atoms with E-state index in [1.54, 1.807) is 6.92 Å². The molecule has 0 fully saturated rings. The second kappa shape index (κ2) is 8.93. The molecule has 0 spiro atoms. The molecule has 29 heavy (non-hydrogen) atoms. The number of amides is 1. The maximum Gasteiger partial charge on any atom is 0.307 e. The summed E-state index contributed by atoms with van der Waals surface area (Å²) in [5.74, 6) is -3.48. The number of aromatic hydroxyl groups is 1. The van der Waals surface area contributed by atoms with Gasteiger partial charge in [0.1, 0.15) is 5.75 Å². The van der Waals surface area contributed by atoms with Gasteiger partial charge in [-0.1, -0.05) is 29.3 Å². The molecule has 4 N–H and O–H groups in total. The van der Waals surface area contributed by atoms with Crippen molar-refractivity contribution in [2.24, 2.45) is 0 Å². The predicted octanol–water partition coefficient (Wildman–Crippen LogP) is 3.08. The summed E-state index contributed by atoms with van der Waals surface area (Å²) in [5, 5.41) is 29.7. The average molecular weight is 440 g/mol. The Kier molecular flexibility index (Phi) is 6.84. The molecule has 1 amide bonds. The van der Waals surface area contributed by atoms with Gasteiger partial charge in [0.05, 0.1) is 29.1 Å². The molecule has 8 nitrogen and oxygen atoms in total. The average Bonchev–Trinajstić information content (AvgIpc) is 2.88. The highest BCUT2D eigenvalue weighted by molar-refractivity contribution is 6.54. The Balaban J connectivity index is 0.000000211. The summed E-state index contributed by atoms with van der Waals surface area (Å²) in [7, 11) is 0. The van der Waals surface area contributed by atoms with Crippen LogP contribution in [-0.2, 0) is 27.2 Å². The van der Waals surface area contributed by atoms with E-state index in [1.807, 2.05) is 0 Å². The molecule has 152 valence electrons. The fraction of sp³-hybridized carbons (Fsp3) is 0.158. The fourth-order valence-electron chi connectivity index (χ4n) is 2.63. The standard InChI is InChI=1S/C11H12O5.C8H3Cl2NO2/c1-6-2-8(5-11(15)16)9(12)3-7(6)4-10(13)14;9-3-1-4-6(5(10)2-3)11-8(13)7(4)12/h2-3,12H,4-5H2,1H3,(H,13,14)(H,15,16);1-2H,(H,11,12,13). The summed E-state index contributed by atoms with van der Waals surface area (Å²) in [4.78, 5) is 43.1. The molecule has 2 aromatic carbocycles. The van der Waals surface area contributed by atoms with Crippen LogP contribution >= 0.6 is 23.2 Å². The number of nitrogens with one attached hydrogen (secondary N) is 1. The number of hydrogen-bond donors (Lipinski definition) is 4. The molecule has 0 unspecified atom stereocenters. The van der Waals surface area contributed by atoms with Crippen LogP contribution in [0.25, 0.3) is 0 Å². The molecule has 2 aromatic rings. The van der Waals surface area contributed by atoms with Crippen LogP contribution in [0, 0.1) is 6.92 Å². The molecule has 1 aliphatic rings. The van der Waals surface area contributed by atoms with Gasteiger partial charge in [-0.25, -0.2) is 0 Å². The number of ketones is 1. The quantitative estimate of drug-likeness (QED) is 0.536. The van der Waals surface area contributed by atoms with Crippen LogP contribution in [0.2, 0.25) is 10.0 Å². The van der Waals surface area contributed by atoms with Gasteiger partial charge in [-0.05, 0) is 36.2 Å². The highest BCUT2D eigenvalue weighted by Crippen LogP contribution is 2.33. The van der Waals surface area contributed by atoms with Crippen molar-refractivity contribution < 1.29 is 34.5 Å². The first-order chi connectivity index (χ1) is 13.5. The zero-order valence-corrected chi connectivity index (χ0v) is 16.5. The predicted molar refractivity (Wildman–Crippen MR) is 105 cm³/mol. The highest BCUT2D eigenvalue weighted by atomic mass is 35.5. The lowest BCUT2D eigenvalue weighted by molar-refractivity contribution is -0.137. The van der Waals surface area contributed by atoms with Crippen LogP contribution in [0.15, 0.2) is 24.3 Å². The van der Waals surface area contributed by atoms with Crippen LogP contribution in [0.1, 0.15) is 27.0 Å². The van der Waals surface area contributed by atoms with Gasteiger partial charge < -0.3 is 20.6 Å². The molecule has 1 heterocycles. The number of benzene rings is 2. The number of fused-ring (bicyclic) bond motifs is 1. The number of carbonyl (C=O) groups excluding carboxylic acids is 2. The second-order valence-corrected chi connectivity index (χ2v) is 6.99. The molecular formula is C19H15Cl2NO7. The zero-order valence-electron chi connectivity index (χ0n) is 15.0. The number of carbonyl (C=O) groups is 4. The molecule has 0 aromatic heterocycles.